The second-order valence-corrected chi connectivity index (χ2v) is 6.99. The van der Waals surface area contributed by atoms with Crippen molar-refractivity contribution >= 4 is 36.6 Å². The molecule has 3 heterocycles. The summed E-state index contributed by atoms with van der Waals surface area (Å²) in [4.78, 5) is 33.0. The van der Waals surface area contributed by atoms with E-state index in [0.29, 0.717) is 13.0 Å². The van der Waals surface area contributed by atoms with Crippen LogP contribution in [-0.4, -0.2) is 123 Å². The number of morpholine rings is 1. The zero-order chi connectivity index (χ0) is 17.5. The van der Waals surface area contributed by atoms with Crippen molar-refractivity contribution in [3.63, 3.8) is 0 Å². The molecular formula is C17H33Cl2N5O3. The SMILES string of the molecule is Cl.Cl.O=C(CCN1CCN(C(=O)CN2CCOCC2)CC1)N1CCNCC1. The lowest BCUT2D eigenvalue weighted by Crippen LogP contribution is -2.53. The lowest BCUT2D eigenvalue weighted by Gasteiger charge is -2.36. The molecule has 1 N–H and O–H groups in total. The average molecular weight is 426 g/mol. The molecule has 27 heavy (non-hydrogen) atoms. The molecule has 158 valence electrons. The molecule has 0 bridgehead atoms. The molecule has 3 saturated heterocycles. The van der Waals surface area contributed by atoms with Crippen LogP contribution < -0.4 is 5.32 Å². The molecule has 0 aromatic heterocycles. The fraction of sp³-hybridized carbons (Fsp3) is 0.882. The summed E-state index contributed by atoms with van der Waals surface area (Å²) in [7, 11) is 0. The summed E-state index contributed by atoms with van der Waals surface area (Å²) >= 11 is 0. The molecule has 2 amide bonds. The largest absolute Gasteiger partial charge is 0.379 e. The van der Waals surface area contributed by atoms with Crippen LogP contribution >= 0.6 is 24.8 Å². The van der Waals surface area contributed by atoms with Gasteiger partial charge in [0, 0.05) is 78.4 Å². The van der Waals surface area contributed by atoms with Crippen LogP contribution in [-0.2, 0) is 14.3 Å². The predicted octanol–water partition coefficient (Wildman–Crippen LogP) is -0.872. The van der Waals surface area contributed by atoms with E-state index in [2.05, 4.69) is 15.1 Å². The summed E-state index contributed by atoms with van der Waals surface area (Å²) in [5, 5.41) is 3.27. The van der Waals surface area contributed by atoms with Crippen LogP contribution in [0.25, 0.3) is 0 Å². The molecule has 10 heteroatoms. The third-order valence-corrected chi connectivity index (χ3v) is 5.30. The highest BCUT2D eigenvalue weighted by Crippen LogP contribution is 2.06. The average Bonchev–Trinajstić information content (AvgIpc) is 2.68. The molecule has 3 fully saturated rings. The highest BCUT2D eigenvalue weighted by molar-refractivity contribution is 5.85. The van der Waals surface area contributed by atoms with Crippen LogP contribution in [0, 0.1) is 0 Å². The predicted molar refractivity (Wildman–Crippen MR) is 109 cm³/mol. The number of rotatable bonds is 5. The Balaban J connectivity index is 0.00000182. The maximum absolute atomic E-state index is 12.4. The number of hydrogen-bond acceptors (Lipinski definition) is 6. The van der Waals surface area contributed by atoms with Crippen LogP contribution in [0.15, 0.2) is 0 Å². The first-order valence-electron chi connectivity index (χ1n) is 9.51. The van der Waals surface area contributed by atoms with E-state index in [4.69, 9.17) is 4.74 Å². The molecule has 0 radical (unpaired) electrons. The Labute approximate surface area is 174 Å². The van der Waals surface area contributed by atoms with Gasteiger partial charge in [0.2, 0.25) is 11.8 Å². The second-order valence-electron chi connectivity index (χ2n) is 6.99. The van der Waals surface area contributed by atoms with Gasteiger partial charge >= 0.3 is 0 Å². The lowest BCUT2D eigenvalue weighted by atomic mass is 10.2. The Morgan fingerprint density at radius 1 is 0.741 bits per heavy atom. The van der Waals surface area contributed by atoms with E-state index in [1.54, 1.807) is 0 Å². The summed E-state index contributed by atoms with van der Waals surface area (Å²) in [5.74, 6) is 0.478. The van der Waals surface area contributed by atoms with Crippen molar-refractivity contribution in [1.29, 1.82) is 0 Å². The van der Waals surface area contributed by atoms with Crippen molar-refractivity contribution in [2.24, 2.45) is 0 Å². The number of nitrogens with zero attached hydrogens (tertiary/aromatic N) is 4. The van der Waals surface area contributed by atoms with Gasteiger partial charge in [-0.3, -0.25) is 19.4 Å². The van der Waals surface area contributed by atoms with Gasteiger partial charge in [-0.15, -0.1) is 24.8 Å². The first-order chi connectivity index (χ1) is 12.2. The second kappa shape index (κ2) is 12.7. The minimum absolute atomic E-state index is 0. The maximum Gasteiger partial charge on any atom is 0.236 e. The standard InChI is InChI=1S/C17H31N5O3.2ClH/c23-16(21-5-2-18-3-6-21)1-4-19-7-9-22(10-8-19)17(24)15-20-11-13-25-14-12-20;;/h18H,1-15H2;2*1H. The Bertz CT molecular complexity index is 452. The van der Waals surface area contributed by atoms with Crippen LogP contribution in [0.5, 0.6) is 0 Å². The fourth-order valence-corrected chi connectivity index (χ4v) is 3.60. The smallest absolute Gasteiger partial charge is 0.236 e. The van der Waals surface area contributed by atoms with Crippen LogP contribution in [0.3, 0.4) is 0 Å². The molecule has 0 spiro atoms. The molecule has 0 aromatic carbocycles. The molecule has 0 atom stereocenters. The quantitative estimate of drug-likeness (QED) is 0.617. The summed E-state index contributed by atoms with van der Waals surface area (Å²) in [6, 6.07) is 0. The van der Waals surface area contributed by atoms with Crippen LogP contribution in [0.1, 0.15) is 6.42 Å². The van der Waals surface area contributed by atoms with Crippen molar-refractivity contribution in [2.75, 3.05) is 91.8 Å². The van der Waals surface area contributed by atoms with Gasteiger partial charge in [0.15, 0.2) is 0 Å². The van der Waals surface area contributed by atoms with E-state index in [0.717, 1.165) is 85.2 Å². The van der Waals surface area contributed by atoms with Gasteiger partial charge in [-0.05, 0) is 0 Å². The Morgan fingerprint density at radius 2 is 1.33 bits per heavy atom. The van der Waals surface area contributed by atoms with Gasteiger partial charge in [0.25, 0.3) is 0 Å². The van der Waals surface area contributed by atoms with Gasteiger partial charge < -0.3 is 19.9 Å². The third kappa shape index (κ3) is 7.71. The third-order valence-electron chi connectivity index (χ3n) is 5.30. The lowest BCUT2D eigenvalue weighted by molar-refractivity contribution is -0.136. The Kier molecular flexibility index (Phi) is 11.5. The number of ether oxygens (including phenoxy) is 1. The van der Waals surface area contributed by atoms with E-state index in [1.165, 1.54) is 0 Å². The Hall–Kier alpha value is -0.640. The van der Waals surface area contributed by atoms with Gasteiger partial charge in [0.05, 0.1) is 19.8 Å². The zero-order valence-electron chi connectivity index (χ0n) is 15.9. The number of halogens is 2. The first kappa shape index (κ1) is 24.4. The molecule has 3 aliphatic heterocycles. The molecule has 0 unspecified atom stereocenters. The number of piperazine rings is 2. The topological polar surface area (TPSA) is 68.4 Å². The van der Waals surface area contributed by atoms with E-state index < -0.39 is 0 Å². The normalized spacial score (nSPS) is 21.9. The molecule has 0 aromatic rings. The molecule has 0 aliphatic carbocycles. The number of nitrogens with one attached hydrogen (secondary N) is 1. The van der Waals surface area contributed by atoms with Crippen molar-refractivity contribution in [1.82, 2.24) is 24.9 Å². The van der Waals surface area contributed by atoms with Crippen molar-refractivity contribution in [3.8, 4) is 0 Å². The Morgan fingerprint density at radius 3 is 1.96 bits per heavy atom. The van der Waals surface area contributed by atoms with E-state index >= 15 is 0 Å². The summed E-state index contributed by atoms with van der Waals surface area (Å²) < 4.78 is 5.32. The molecule has 0 saturated carbocycles. The molecule has 8 nitrogen and oxygen atoms in total. The molecule has 3 rings (SSSR count). The summed E-state index contributed by atoms with van der Waals surface area (Å²) in [5.41, 5.74) is 0. The highest BCUT2D eigenvalue weighted by Gasteiger charge is 2.24. The number of carbonyl (C=O) groups is 2. The minimum atomic E-state index is 0. The number of hydrogen-bond donors (Lipinski definition) is 1. The maximum atomic E-state index is 12.4. The van der Waals surface area contributed by atoms with Gasteiger partial charge in [0.1, 0.15) is 0 Å². The highest BCUT2D eigenvalue weighted by atomic mass is 35.5. The molecule has 3 aliphatic rings. The van der Waals surface area contributed by atoms with Crippen molar-refractivity contribution < 1.29 is 14.3 Å². The van der Waals surface area contributed by atoms with Crippen molar-refractivity contribution in [2.45, 2.75) is 6.42 Å². The zero-order valence-corrected chi connectivity index (χ0v) is 17.6. The molecular weight excluding hydrogens is 393 g/mol. The summed E-state index contributed by atoms with van der Waals surface area (Å²) in [6.45, 7) is 11.2. The fourth-order valence-electron chi connectivity index (χ4n) is 3.60. The van der Waals surface area contributed by atoms with E-state index in [1.807, 2.05) is 9.80 Å². The van der Waals surface area contributed by atoms with Gasteiger partial charge in [-0.25, -0.2) is 0 Å². The first-order valence-corrected chi connectivity index (χ1v) is 9.51. The number of carbonyl (C=O) groups excluding carboxylic acids is 2. The van der Waals surface area contributed by atoms with E-state index in [9.17, 15) is 9.59 Å². The van der Waals surface area contributed by atoms with Gasteiger partial charge in [-0.2, -0.15) is 0 Å². The number of amides is 2. The van der Waals surface area contributed by atoms with Crippen molar-refractivity contribution in [3.05, 3.63) is 0 Å². The summed E-state index contributed by atoms with van der Waals surface area (Å²) in [6.07, 6.45) is 0.585. The van der Waals surface area contributed by atoms with Crippen LogP contribution in [0.2, 0.25) is 0 Å². The van der Waals surface area contributed by atoms with Gasteiger partial charge in [-0.1, -0.05) is 0 Å². The van der Waals surface area contributed by atoms with E-state index in [-0.39, 0.29) is 36.6 Å². The van der Waals surface area contributed by atoms with Crippen LogP contribution in [0.4, 0.5) is 0 Å². The minimum Gasteiger partial charge on any atom is -0.379 e. The monoisotopic (exact) mass is 425 g/mol.